The Hall–Kier alpha value is -1.22. The number of aromatic nitrogens is 1. The zero-order chi connectivity index (χ0) is 9.80. The van der Waals surface area contributed by atoms with E-state index in [1.165, 1.54) is 0 Å². The molecule has 74 valence electrons. The molecule has 0 unspecified atom stereocenters. The molecule has 0 aliphatic carbocycles. The number of hydrogen-bond donors (Lipinski definition) is 0. The number of furan rings is 1. The maximum atomic E-state index is 5.57. The number of nitrogens with zero attached hydrogens (tertiary/aromatic N) is 1. The first-order chi connectivity index (χ1) is 6.90. The summed E-state index contributed by atoms with van der Waals surface area (Å²) < 4.78 is 10.5. The number of rotatable bonds is 4. The van der Waals surface area contributed by atoms with E-state index in [4.69, 9.17) is 20.4 Å². The molecule has 0 amide bonds. The summed E-state index contributed by atoms with van der Waals surface area (Å²) in [5, 5.41) is 0. The van der Waals surface area contributed by atoms with Gasteiger partial charge in [-0.2, -0.15) is 0 Å². The number of alkyl halides is 1. The highest BCUT2D eigenvalue weighted by Gasteiger charge is 2.06. The molecule has 0 aliphatic heterocycles. The minimum Gasteiger partial charge on any atom is -0.472 e. The van der Waals surface area contributed by atoms with Crippen LogP contribution >= 0.6 is 11.6 Å². The Morgan fingerprint density at radius 2 is 2.36 bits per heavy atom. The Kier molecular flexibility index (Phi) is 2.89. The molecular formula is C10H10ClNO2. The minimum atomic E-state index is 0.628. The first kappa shape index (κ1) is 9.34. The van der Waals surface area contributed by atoms with E-state index in [0.717, 1.165) is 30.1 Å². The van der Waals surface area contributed by atoms with Crippen molar-refractivity contribution in [2.45, 2.75) is 12.8 Å². The highest BCUT2D eigenvalue weighted by atomic mass is 35.5. The van der Waals surface area contributed by atoms with Crippen LogP contribution in [0.15, 0.2) is 33.6 Å². The smallest absolute Gasteiger partial charge is 0.194 e. The third kappa shape index (κ3) is 1.99. The molecular weight excluding hydrogens is 202 g/mol. The van der Waals surface area contributed by atoms with Crippen LogP contribution in [0.4, 0.5) is 0 Å². The van der Waals surface area contributed by atoms with Crippen molar-refractivity contribution in [3.63, 3.8) is 0 Å². The number of oxazole rings is 1. The number of hydrogen-bond acceptors (Lipinski definition) is 3. The fourth-order valence-electron chi connectivity index (χ4n) is 1.18. The van der Waals surface area contributed by atoms with Crippen molar-refractivity contribution in [3.8, 4) is 11.3 Å². The predicted octanol–water partition coefficient (Wildman–Crippen LogP) is 3.11. The molecule has 0 N–H and O–H groups in total. The summed E-state index contributed by atoms with van der Waals surface area (Å²) in [7, 11) is 0. The molecule has 2 rings (SSSR count). The Morgan fingerprint density at radius 1 is 1.43 bits per heavy atom. The average Bonchev–Trinajstić information content (AvgIpc) is 2.85. The van der Waals surface area contributed by atoms with Crippen molar-refractivity contribution in [1.82, 2.24) is 4.98 Å². The summed E-state index contributed by atoms with van der Waals surface area (Å²) in [5.74, 6) is 2.09. The summed E-state index contributed by atoms with van der Waals surface area (Å²) in [6, 6.07) is 1.84. The molecule has 2 aromatic rings. The number of halogens is 1. The molecule has 2 aromatic heterocycles. The first-order valence-corrected chi connectivity index (χ1v) is 4.97. The van der Waals surface area contributed by atoms with Gasteiger partial charge in [0.15, 0.2) is 11.7 Å². The number of aryl methyl sites for hydroxylation is 1. The van der Waals surface area contributed by atoms with Gasteiger partial charge in [0, 0.05) is 12.3 Å². The maximum Gasteiger partial charge on any atom is 0.194 e. The highest BCUT2D eigenvalue weighted by molar-refractivity contribution is 6.17. The Balaban J connectivity index is 2.10. The van der Waals surface area contributed by atoms with E-state index in [-0.39, 0.29) is 0 Å². The molecule has 0 radical (unpaired) electrons. The molecule has 0 aliphatic rings. The van der Waals surface area contributed by atoms with E-state index in [1.54, 1.807) is 18.7 Å². The fourth-order valence-corrected chi connectivity index (χ4v) is 1.32. The van der Waals surface area contributed by atoms with Crippen molar-refractivity contribution in [2.75, 3.05) is 5.88 Å². The average molecular weight is 212 g/mol. The van der Waals surface area contributed by atoms with Gasteiger partial charge in [0.2, 0.25) is 0 Å². The van der Waals surface area contributed by atoms with E-state index < -0.39 is 0 Å². The third-order valence-corrected chi connectivity index (χ3v) is 2.15. The largest absolute Gasteiger partial charge is 0.472 e. The van der Waals surface area contributed by atoms with Crippen LogP contribution in [0.5, 0.6) is 0 Å². The molecule has 3 nitrogen and oxygen atoms in total. The van der Waals surface area contributed by atoms with Gasteiger partial charge in [-0.3, -0.25) is 0 Å². The second-order valence-corrected chi connectivity index (χ2v) is 3.30. The quantitative estimate of drug-likeness (QED) is 0.730. The Morgan fingerprint density at radius 3 is 3.07 bits per heavy atom. The van der Waals surface area contributed by atoms with Crippen molar-refractivity contribution in [1.29, 1.82) is 0 Å². The summed E-state index contributed by atoms with van der Waals surface area (Å²) in [6.45, 7) is 0. The van der Waals surface area contributed by atoms with Crippen LogP contribution in [-0.4, -0.2) is 10.9 Å². The Bertz CT molecular complexity index is 380. The molecule has 0 atom stereocenters. The molecule has 4 heteroatoms. The lowest BCUT2D eigenvalue weighted by Crippen LogP contribution is -1.84. The van der Waals surface area contributed by atoms with Gasteiger partial charge in [0.25, 0.3) is 0 Å². The lowest BCUT2D eigenvalue weighted by atomic mass is 10.3. The standard InChI is InChI=1S/C10H10ClNO2/c11-4-1-2-10-12-6-9(14-10)8-3-5-13-7-8/h3,5-7H,1-2,4H2. The van der Waals surface area contributed by atoms with E-state index in [9.17, 15) is 0 Å². The van der Waals surface area contributed by atoms with Gasteiger partial charge in [-0.05, 0) is 12.5 Å². The summed E-state index contributed by atoms with van der Waals surface area (Å²) in [5.41, 5.74) is 0.912. The monoisotopic (exact) mass is 211 g/mol. The van der Waals surface area contributed by atoms with Gasteiger partial charge in [-0.1, -0.05) is 0 Å². The van der Waals surface area contributed by atoms with Gasteiger partial charge >= 0.3 is 0 Å². The Labute approximate surface area is 86.7 Å². The van der Waals surface area contributed by atoms with Gasteiger partial charge in [-0.25, -0.2) is 4.98 Å². The molecule has 0 bridgehead atoms. The van der Waals surface area contributed by atoms with Crippen LogP contribution in [0.25, 0.3) is 11.3 Å². The highest BCUT2D eigenvalue weighted by Crippen LogP contribution is 2.20. The van der Waals surface area contributed by atoms with Crippen LogP contribution in [0.3, 0.4) is 0 Å². The normalized spacial score (nSPS) is 10.6. The summed E-state index contributed by atoms with van der Waals surface area (Å²) >= 11 is 5.57. The first-order valence-electron chi connectivity index (χ1n) is 4.43. The van der Waals surface area contributed by atoms with Gasteiger partial charge in [-0.15, -0.1) is 11.6 Å². The van der Waals surface area contributed by atoms with E-state index >= 15 is 0 Å². The molecule has 0 spiro atoms. The molecule has 14 heavy (non-hydrogen) atoms. The minimum absolute atomic E-state index is 0.628. The van der Waals surface area contributed by atoms with E-state index in [1.807, 2.05) is 6.07 Å². The maximum absolute atomic E-state index is 5.57. The predicted molar refractivity (Wildman–Crippen MR) is 53.2 cm³/mol. The van der Waals surface area contributed by atoms with Crippen molar-refractivity contribution in [2.24, 2.45) is 0 Å². The summed E-state index contributed by atoms with van der Waals surface area (Å²) in [6.07, 6.45) is 6.60. The van der Waals surface area contributed by atoms with Crippen LogP contribution in [0.2, 0.25) is 0 Å². The molecule has 2 heterocycles. The second-order valence-electron chi connectivity index (χ2n) is 2.92. The van der Waals surface area contributed by atoms with Crippen LogP contribution < -0.4 is 0 Å². The van der Waals surface area contributed by atoms with Crippen LogP contribution in [-0.2, 0) is 6.42 Å². The van der Waals surface area contributed by atoms with E-state index in [0.29, 0.717) is 5.88 Å². The molecule has 0 saturated carbocycles. The molecule has 0 aromatic carbocycles. The van der Waals surface area contributed by atoms with Crippen molar-refractivity contribution < 1.29 is 8.83 Å². The second kappa shape index (κ2) is 4.33. The molecule has 0 fully saturated rings. The van der Waals surface area contributed by atoms with Crippen LogP contribution in [0.1, 0.15) is 12.3 Å². The van der Waals surface area contributed by atoms with Crippen molar-refractivity contribution in [3.05, 3.63) is 30.7 Å². The fraction of sp³-hybridized carbons (Fsp3) is 0.300. The van der Waals surface area contributed by atoms with Crippen molar-refractivity contribution >= 4 is 11.6 Å². The SMILES string of the molecule is ClCCCc1ncc(-c2ccoc2)o1. The van der Waals surface area contributed by atoms with Gasteiger partial charge in [0.05, 0.1) is 18.0 Å². The summed E-state index contributed by atoms with van der Waals surface area (Å²) in [4.78, 5) is 4.14. The lowest BCUT2D eigenvalue weighted by molar-refractivity contribution is 0.502. The molecule has 0 saturated heterocycles. The van der Waals surface area contributed by atoms with Gasteiger partial charge < -0.3 is 8.83 Å². The van der Waals surface area contributed by atoms with Crippen LogP contribution in [0, 0.1) is 0 Å². The lowest BCUT2D eigenvalue weighted by Gasteiger charge is -1.90. The van der Waals surface area contributed by atoms with Gasteiger partial charge in [0.1, 0.15) is 6.26 Å². The topological polar surface area (TPSA) is 39.2 Å². The zero-order valence-electron chi connectivity index (χ0n) is 7.57. The van der Waals surface area contributed by atoms with E-state index in [2.05, 4.69) is 4.98 Å². The third-order valence-electron chi connectivity index (χ3n) is 1.88. The zero-order valence-corrected chi connectivity index (χ0v) is 8.33.